The molecule has 166 valence electrons. The highest BCUT2D eigenvalue weighted by atomic mass is 32.1. The number of aromatic nitrogens is 4. The number of carbonyl (C=O) groups excluding carboxylic acids is 1. The number of hydrogen-bond acceptors (Lipinski definition) is 8. The quantitative estimate of drug-likeness (QED) is 0.414. The van der Waals surface area contributed by atoms with Crippen LogP contribution < -0.4 is 19.5 Å². The second kappa shape index (κ2) is 8.83. The molecule has 2 N–H and O–H groups in total. The second-order valence-corrected chi connectivity index (χ2v) is 8.74. The molecule has 1 amide bonds. The van der Waals surface area contributed by atoms with Crippen molar-refractivity contribution in [3.63, 3.8) is 0 Å². The van der Waals surface area contributed by atoms with Crippen LogP contribution in [0.3, 0.4) is 0 Å². The number of nitrogens with one attached hydrogen (secondary N) is 2. The summed E-state index contributed by atoms with van der Waals surface area (Å²) in [5, 5.41) is 16.8. The van der Waals surface area contributed by atoms with E-state index in [4.69, 9.17) is 14.2 Å². The maximum atomic E-state index is 13.0. The van der Waals surface area contributed by atoms with Crippen molar-refractivity contribution < 1.29 is 19.0 Å². The summed E-state index contributed by atoms with van der Waals surface area (Å²) in [5.41, 5.74) is 0.851. The first-order chi connectivity index (χ1) is 15.4. The van der Waals surface area contributed by atoms with E-state index in [0.29, 0.717) is 28.7 Å². The Morgan fingerprint density at radius 1 is 1.12 bits per heavy atom. The minimum atomic E-state index is -0.391. The third kappa shape index (κ3) is 4.22. The molecule has 0 unspecified atom stereocenters. The Balaban J connectivity index is 1.74. The molecule has 32 heavy (non-hydrogen) atoms. The monoisotopic (exact) mass is 453 g/mol. The molecule has 4 rings (SSSR count). The summed E-state index contributed by atoms with van der Waals surface area (Å²) in [6, 6.07) is 13.8. The lowest BCUT2D eigenvalue weighted by Crippen LogP contribution is -2.26. The van der Waals surface area contributed by atoms with Crippen LogP contribution in [0.25, 0.3) is 10.1 Å². The molecule has 0 saturated carbocycles. The number of ether oxygens (including phenoxy) is 3. The van der Waals surface area contributed by atoms with Crippen molar-refractivity contribution >= 4 is 33.3 Å². The number of amides is 1. The van der Waals surface area contributed by atoms with Crippen molar-refractivity contribution in [1.29, 1.82) is 0 Å². The van der Waals surface area contributed by atoms with Gasteiger partial charge in [-0.25, -0.2) is 0 Å². The van der Waals surface area contributed by atoms with Crippen LogP contribution in [0.15, 0.2) is 42.5 Å². The van der Waals surface area contributed by atoms with Gasteiger partial charge in [0.2, 0.25) is 0 Å². The zero-order chi connectivity index (χ0) is 22.7. The van der Waals surface area contributed by atoms with E-state index in [1.165, 1.54) is 11.3 Å². The number of fused-ring (bicyclic) bond motifs is 1. The number of tetrazole rings is 1. The van der Waals surface area contributed by atoms with Crippen LogP contribution in [-0.2, 0) is 5.41 Å². The van der Waals surface area contributed by atoms with Crippen LogP contribution in [0.5, 0.6) is 17.2 Å². The molecule has 2 aromatic heterocycles. The molecule has 2 heterocycles. The number of carbonyl (C=O) groups is 1. The molecule has 4 aromatic rings. The Morgan fingerprint density at radius 2 is 1.84 bits per heavy atom. The molecule has 0 spiro atoms. The van der Waals surface area contributed by atoms with Gasteiger partial charge in [0.05, 0.1) is 20.8 Å². The normalized spacial score (nSPS) is 11.4. The van der Waals surface area contributed by atoms with E-state index < -0.39 is 5.91 Å². The minimum Gasteiger partial charge on any atom is -0.493 e. The fourth-order valence-corrected chi connectivity index (χ4v) is 4.34. The molecular weight excluding hydrogens is 430 g/mol. The SMILES string of the molecule is COc1cc2sc(C(=O)Nc3nn[nH]n3)c(OCC(C)(C)c3ccccc3)c2cc1OC. The number of H-pyrrole nitrogens is 1. The number of rotatable bonds is 8. The molecule has 0 fully saturated rings. The third-order valence-electron chi connectivity index (χ3n) is 5.06. The average molecular weight is 454 g/mol. The largest absolute Gasteiger partial charge is 0.493 e. The van der Waals surface area contributed by atoms with Crippen molar-refractivity contribution in [2.75, 3.05) is 26.1 Å². The molecule has 0 saturated heterocycles. The number of methoxy groups -OCH3 is 2. The molecule has 9 nitrogen and oxygen atoms in total. The highest BCUT2D eigenvalue weighted by Gasteiger charge is 2.27. The molecule has 0 radical (unpaired) electrons. The molecule has 10 heteroatoms. The van der Waals surface area contributed by atoms with Gasteiger partial charge < -0.3 is 14.2 Å². The van der Waals surface area contributed by atoms with E-state index in [0.717, 1.165) is 15.6 Å². The van der Waals surface area contributed by atoms with Gasteiger partial charge in [-0.3, -0.25) is 10.1 Å². The lowest BCUT2D eigenvalue weighted by molar-refractivity contribution is 0.102. The zero-order valence-electron chi connectivity index (χ0n) is 18.1. The molecule has 0 atom stereocenters. The van der Waals surface area contributed by atoms with E-state index in [-0.39, 0.29) is 11.4 Å². The Kier molecular flexibility index (Phi) is 5.95. The van der Waals surface area contributed by atoms with Crippen LogP contribution in [0.2, 0.25) is 0 Å². The number of aromatic amines is 1. The molecule has 0 aliphatic carbocycles. The van der Waals surface area contributed by atoms with Gasteiger partial charge in [0.1, 0.15) is 4.88 Å². The number of benzene rings is 2. The Hall–Kier alpha value is -3.66. The molecule has 0 aliphatic heterocycles. The van der Waals surface area contributed by atoms with Gasteiger partial charge in [-0.2, -0.15) is 5.21 Å². The summed E-state index contributed by atoms with van der Waals surface area (Å²) in [7, 11) is 3.14. The fourth-order valence-electron chi connectivity index (χ4n) is 3.29. The number of nitrogens with zero attached hydrogens (tertiary/aromatic N) is 3. The molecule has 0 aliphatic rings. The number of anilines is 1. The van der Waals surface area contributed by atoms with E-state index in [1.54, 1.807) is 14.2 Å². The summed E-state index contributed by atoms with van der Waals surface area (Å²) in [5.74, 6) is 1.28. The standard InChI is InChI=1S/C22H23N5O4S/c1-22(2,13-8-6-5-7-9-13)12-31-18-14-10-15(29-3)16(30-4)11-17(14)32-19(18)20(28)23-21-24-26-27-25-21/h5-11H,12H2,1-4H3,(H2,23,24,25,26,27,28). The first-order valence-corrected chi connectivity index (χ1v) is 10.7. The van der Waals surface area contributed by atoms with Crippen molar-refractivity contribution in [2.45, 2.75) is 19.3 Å². The van der Waals surface area contributed by atoms with Gasteiger partial charge in [0.15, 0.2) is 17.2 Å². The highest BCUT2D eigenvalue weighted by molar-refractivity contribution is 7.21. The summed E-state index contributed by atoms with van der Waals surface area (Å²) >= 11 is 1.29. The van der Waals surface area contributed by atoms with Gasteiger partial charge >= 0.3 is 0 Å². The van der Waals surface area contributed by atoms with Crippen LogP contribution in [0.4, 0.5) is 5.95 Å². The smallest absolute Gasteiger partial charge is 0.272 e. The van der Waals surface area contributed by atoms with Crippen molar-refractivity contribution in [1.82, 2.24) is 20.6 Å². The maximum absolute atomic E-state index is 13.0. The van der Waals surface area contributed by atoms with Gasteiger partial charge in [-0.05, 0) is 16.8 Å². The van der Waals surface area contributed by atoms with Crippen molar-refractivity contribution in [3.05, 3.63) is 52.9 Å². The van der Waals surface area contributed by atoms with Crippen LogP contribution >= 0.6 is 11.3 Å². The lowest BCUT2D eigenvalue weighted by Gasteiger charge is -2.25. The number of thiophene rings is 1. The predicted octanol–water partition coefficient (Wildman–Crippen LogP) is 4.04. The highest BCUT2D eigenvalue weighted by Crippen LogP contribution is 2.44. The Bertz CT molecular complexity index is 1220. The topological polar surface area (TPSA) is 111 Å². The minimum absolute atomic E-state index is 0.0817. The third-order valence-corrected chi connectivity index (χ3v) is 6.19. The molecular formula is C22H23N5O4S. The van der Waals surface area contributed by atoms with Gasteiger partial charge in [0.25, 0.3) is 11.9 Å². The number of hydrogen-bond donors (Lipinski definition) is 2. The van der Waals surface area contributed by atoms with Crippen LogP contribution in [-0.4, -0.2) is 47.4 Å². The van der Waals surface area contributed by atoms with E-state index in [1.807, 2.05) is 30.3 Å². The van der Waals surface area contributed by atoms with Gasteiger partial charge in [-0.1, -0.05) is 49.3 Å². The first kappa shape index (κ1) is 21.6. The van der Waals surface area contributed by atoms with E-state index >= 15 is 0 Å². The van der Waals surface area contributed by atoms with Crippen LogP contribution in [0, 0.1) is 0 Å². The van der Waals surface area contributed by atoms with Crippen molar-refractivity contribution in [2.24, 2.45) is 0 Å². The Labute approximate surface area is 188 Å². The van der Waals surface area contributed by atoms with E-state index in [9.17, 15) is 4.79 Å². The zero-order valence-corrected chi connectivity index (χ0v) is 18.9. The van der Waals surface area contributed by atoms with E-state index in [2.05, 4.69) is 51.9 Å². The summed E-state index contributed by atoms with van der Waals surface area (Å²) in [6.45, 7) is 4.55. The summed E-state index contributed by atoms with van der Waals surface area (Å²) in [6.07, 6.45) is 0. The second-order valence-electron chi connectivity index (χ2n) is 7.69. The van der Waals surface area contributed by atoms with Gasteiger partial charge in [0, 0.05) is 21.6 Å². The lowest BCUT2D eigenvalue weighted by atomic mass is 9.86. The molecule has 2 aromatic carbocycles. The predicted molar refractivity (Wildman–Crippen MR) is 122 cm³/mol. The average Bonchev–Trinajstić information content (AvgIpc) is 3.44. The van der Waals surface area contributed by atoms with Crippen molar-refractivity contribution in [3.8, 4) is 17.2 Å². The maximum Gasteiger partial charge on any atom is 0.272 e. The first-order valence-electron chi connectivity index (χ1n) is 9.84. The fraction of sp³-hybridized carbons (Fsp3) is 0.273. The van der Waals surface area contributed by atoms with Crippen LogP contribution in [0.1, 0.15) is 29.1 Å². The Morgan fingerprint density at radius 3 is 2.50 bits per heavy atom. The summed E-state index contributed by atoms with van der Waals surface area (Å²) < 4.78 is 18.0. The van der Waals surface area contributed by atoms with Gasteiger partial charge in [-0.15, -0.1) is 16.4 Å². The molecule has 0 bridgehead atoms. The summed E-state index contributed by atoms with van der Waals surface area (Å²) in [4.78, 5) is 13.4.